The van der Waals surface area contributed by atoms with E-state index in [1.807, 2.05) is 85.2 Å². The molecule has 0 aliphatic carbocycles. The number of nitrogens with one attached hydrogen (secondary N) is 2. The lowest BCUT2D eigenvalue weighted by molar-refractivity contribution is -0.00497. The first-order valence-corrected chi connectivity index (χ1v) is 27.4. The summed E-state index contributed by atoms with van der Waals surface area (Å²) in [5, 5.41) is 16.8. The molecule has 0 atom stereocenters. The second-order valence-corrected chi connectivity index (χ2v) is 18.7. The van der Waals surface area contributed by atoms with Gasteiger partial charge >= 0.3 is 0 Å². The number of ether oxygens (including phenoxy) is 12. The maximum absolute atomic E-state index is 5.90. The molecule has 0 saturated carbocycles. The maximum Gasteiger partial charge on any atom is 0.247 e. The first kappa shape index (κ1) is 60.4. The topological polar surface area (TPSA) is 333 Å². The first-order valence-electron chi connectivity index (χ1n) is 27.4. The van der Waals surface area contributed by atoms with Crippen molar-refractivity contribution >= 4 is 34.2 Å². The van der Waals surface area contributed by atoms with Gasteiger partial charge in [-0.05, 0) is 39.9 Å². The highest BCUT2D eigenvalue weighted by molar-refractivity contribution is 5.76. The average Bonchev–Trinajstić information content (AvgIpc) is 4.46. The standard InChI is InChI=1S/C56H70N16O12/c57-55-63-49(50-52(64-55)61-39-59-50)38-83-48-11-9-44(10-12-48)32-80-28-26-78-24-22-76-20-18-74-16-14-72-30-47(68-70-72)37-82-34-43-3-1-42(2-4-43)33-81-36-46-29-71(69-67-46)13-15-73-17-19-75-21-23-77-25-27-79-31-41-5-7-45(8-6-41)35-84-54-51-53(62-40-60-51)65-56(58)66-54/h1-12,29-30,39-40H,13-28,31-38H2,(H3,57,59,61,63,64)(H3,58,60,62,65,66). The molecule has 0 aliphatic rings. The van der Waals surface area contributed by atoms with Gasteiger partial charge in [-0.25, -0.2) is 24.3 Å². The van der Waals surface area contributed by atoms with E-state index in [1.165, 1.54) is 6.33 Å². The molecule has 9 aromatic rings. The Bertz CT molecular complexity index is 3070. The van der Waals surface area contributed by atoms with Crippen LogP contribution < -0.4 is 20.9 Å². The minimum atomic E-state index is 0.119. The number of aromatic amines is 2. The molecule has 0 unspecified atom stereocenters. The van der Waals surface area contributed by atoms with Crippen molar-refractivity contribution in [1.29, 1.82) is 0 Å². The van der Waals surface area contributed by atoms with Crippen LogP contribution in [-0.2, 0) is 113 Å². The minimum absolute atomic E-state index is 0.119. The Balaban J connectivity index is 0.503. The molecule has 84 heavy (non-hydrogen) atoms. The Morgan fingerprint density at radius 3 is 1.25 bits per heavy atom. The summed E-state index contributed by atoms with van der Waals surface area (Å²) in [4.78, 5) is 30.9. The SMILES string of the molecule is Nc1nc(COc2ccc(COCCOCCOCCOCCn3cc(COCc4ccc(COCc5cn(CCOCCOCCOCCOCc6ccc(COc7nc(N)nc8[nH]cnc78)cc6)nn5)cc4)nn3)cc2)c2nc[nH]c2n1. The Morgan fingerprint density at radius 1 is 0.369 bits per heavy atom. The van der Waals surface area contributed by atoms with Crippen LogP contribution in [0.5, 0.6) is 11.6 Å². The van der Waals surface area contributed by atoms with Crippen molar-refractivity contribution < 1.29 is 56.8 Å². The lowest BCUT2D eigenvalue weighted by Gasteiger charge is -2.09. The van der Waals surface area contributed by atoms with Gasteiger partial charge in [0.15, 0.2) is 16.8 Å². The third kappa shape index (κ3) is 20.6. The predicted molar refractivity (Wildman–Crippen MR) is 301 cm³/mol. The zero-order chi connectivity index (χ0) is 57.6. The monoisotopic (exact) mass is 1160 g/mol. The Labute approximate surface area is 483 Å². The predicted octanol–water partition coefficient (Wildman–Crippen LogP) is 4.49. The molecule has 28 nitrogen and oxygen atoms in total. The first-order chi connectivity index (χ1) is 41.5. The fraction of sp³-hybridized carbons (Fsp3) is 0.429. The summed E-state index contributed by atoms with van der Waals surface area (Å²) in [5.74, 6) is 1.31. The molecule has 0 spiro atoms. The molecule has 0 saturated heterocycles. The number of rotatable bonds is 42. The molecule has 9 rings (SSSR count). The number of anilines is 2. The summed E-state index contributed by atoms with van der Waals surface area (Å²) in [7, 11) is 0. The highest BCUT2D eigenvalue weighted by Gasteiger charge is 2.13. The quantitative estimate of drug-likeness (QED) is 0.0383. The van der Waals surface area contributed by atoms with E-state index in [0.29, 0.717) is 191 Å². The fourth-order valence-corrected chi connectivity index (χ4v) is 7.98. The molecule has 0 aliphatic heterocycles. The molecule has 0 fully saturated rings. The second kappa shape index (κ2) is 33.8. The van der Waals surface area contributed by atoms with E-state index in [4.69, 9.17) is 68.3 Å². The van der Waals surface area contributed by atoms with Crippen molar-refractivity contribution in [1.82, 2.24) is 69.9 Å². The van der Waals surface area contributed by atoms with Crippen molar-refractivity contribution in [2.75, 3.05) is 104 Å². The van der Waals surface area contributed by atoms with Crippen LogP contribution in [0.2, 0.25) is 0 Å². The number of H-pyrrole nitrogens is 2. The number of nitrogen functional groups attached to an aromatic ring is 2. The summed E-state index contributed by atoms with van der Waals surface area (Å²) in [6, 6.07) is 23.7. The van der Waals surface area contributed by atoms with E-state index >= 15 is 0 Å². The van der Waals surface area contributed by atoms with Gasteiger partial charge in [0.2, 0.25) is 17.8 Å². The summed E-state index contributed by atoms with van der Waals surface area (Å²) >= 11 is 0. The fourth-order valence-electron chi connectivity index (χ4n) is 7.98. The Hall–Kier alpha value is -8.16. The van der Waals surface area contributed by atoms with Gasteiger partial charge in [0.05, 0.1) is 170 Å². The molecule has 28 heteroatoms. The van der Waals surface area contributed by atoms with Crippen LogP contribution in [0.1, 0.15) is 44.9 Å². The molecular weight excluding hydrogens is 1090 g/mol. The van der Waals surface area contributed by atoms with Gasteiger partial charge in [-0.1, -0.05) is 71.1 Å². The van der Waals surface area contributed by atoms with Crippen LogP contribution in [0.3, 0.4) is 0 Å². The van der Waals surface area contributed by atoms with E-state index in [-0.39, 0.29) is 18.5 Å². The molecule has 446 valence electrons. The van der Waals surface area contributed by atoms with E-state index in [0.717, 1.165) is 39.2 Å². The number of hydrogen-bond acceptors (Lipinski definition) is 24. The van der Waals surface area contributed by atoms with Gasteiger partial charge < -0.3 is 78.3 Å². The molecule has 0 amide bonds. The summed E-state index contributed by atoms with van der Waals surface area (Å²) < 4.78 is 72.4. The zero-order valence-corrected chi connectivity index (χ0v) is 46.6. The molecule has 0 radical (unpaired) electrons. The normalized spacial score (nSPS) is 11.6. The summed E-state index contributed by atoms with van der Waals surface area (Å²) in [6.45, 7) is 10.7. The minimum Gasteiger partial charge on any atom is -0.487 e. The van der Waals surface area contributed by atoms with Crippen molar-refractivity contribution in [3.8, 4) is 11.6 Å². The summed E-state index contributed by atoms with van der Waals surface area (Å²) in [6.07, 6.45) is 6.80. The number of fused-ring (bicyclic) bond motifs is 2. The van der Waals surface area contributed by atoms with Crippen LogP contribution in [0, 0.1) is 0 Å². The lowest BCUT2D eigenvalue weighted by Crippen LogP contribution is -2.13. The lowest BCUT2D eigenvalue weighted by atomic mass is 10.1. The summed E-state index contributed by atoms with van der Waals surface area (Å²) in [5.41, 5.74) is 21.0. The van der Waals surface area contributed by atoms with Crippen LogP contribution in [0.4, 0.5) is 11.9 Å². The van der Waals surface area contributed by atoms with Gasteiger partial charge in [0, 0.05) is 0 Å². The van der Waals surface area contributed by atoms with Crippen LogP contribution in [-0.4, -0.2) is 162 Å². The van der Waals surface area contributed by atoms with Gasteiger partial charge in [0.1, 0.15) is 41.6 Å². The zero-order valence-electron chi connectivity index (χ0n) is 46.6. The number of hydrogen-bond donors (Lipinski definition) is 4. The largest absolute Gasteiger partial charge is 0.487 e. The highest BCUT2D eigenvalue weighted by atomic mass is 16.6. The van der Waals surface area contributed by atoms with E-state index in [2.05, 4.69) is 60.5 Å². The molecule has 6 N–H and O–H groups in total. The van der Waals surface area contributed by atoms with E-state index < -0.39 is 0 Å². The van der Waals surface area contributed by atoms with Gasteiger partial charge in [-0.15, -0.1) is 10.2 Å². The number of nitrogens with zero attached hydrogens (tertiary/aromatic N) is 12. The molecule has 0 bridgehead atoms. The van der Waals surface area contributed by atoms with E-state index in [9.17, 15) is 0 Å². The third-order valence-electron chi connectivity index (χ3n) is 12.3. The molecule has 6 heterocycles. The maximum atomic E-state index is 5.90. The van der Waals surface area contributed by atoms with Crippen LogP contribution >= 0.6 is 0 Å². The Morgan fingerprint density at radius 2 is 0.762 bits per heavy atom. The highest BCUT2D eigenvalue weighted by Crippen LogP contribution is 2.22. The van der Waals surface area contributed by atoms with Crippen molar-refractivity contribution in [2.24, 2.45) is 0 Å². The third-order valence-corrected chi connectivity index (χ3v) is 12.3. The van der Waals surface area contributed by atoms with E-state index in [1.54, 1.807) is 15.7 Å². The van der Waals surface area contributed by atoms with Crippen LogP contribution in [0.25, 0.3) is 22.3 Å². The van der Waals surface area contributed by atoms with Gasteiger partial charge in [-0.3, -0.25) is 0 Å². The smallest absolute Gasteiger partial charge is 0.247 e. The van der Waals surface area contributed by atoms with Gasteiger partial charge in [0.25, 0.3) is 0 Å². The van der Waals surface area contributed by atoms with Gasteiger partial charge in [-0.2, -0.15) is 15.0 Å². The van der Waals surface area contributed by atoms with Crippen molar-refractivity contribution in [3.05, 3.63) is 143 Å². The molecule has 3 aromatic carbocycles. The second-order valence-electron chi connectivity index (χ2n) is 18.7. The Kier molecular flexibility index (Phi) is 24.3. The van der Waals surface area contributed by atoms with Crippen molar-refractivity contribution in [2.45, 2.75) is 65.9 Å². The van der Waals surface area contributed by atoms with Crippen LogP contribution in [0.15, 0.2) is 97.8 Å². The number of imidazole rings is 2. The number of aromatic nitrogens is 14. The average molecular weight is 1160 g/mol. The number of nitrogens with two attached hydrogens (primary N) is 2. The molecular formula is C56H70N16O12. The number of benzene rings is 3. The van der Waals surface area contributed by atoms with Crippen molar-refractivity contribution in [3.63, 3.8) is 0 Å². The molecule has 6 aromatic heterocycles.